The van der Waals surface area contributed by atoms with Crippen LogP contribution < -0.4 is 0 Å². The van der Waals surface area contributed by atoms with Crippen LogP contribution in [0.4, 0.5) is 0 Å². The molecule has 0 spiro atoms. The average molecular weight is 940 g/mol. The fourth-order valence-electron chi connectivity index (χ4n) is 8.39. The van der Waals surface area contributed by atoms with Crippen molar-refractivity contribution in [1.82, 2.24) is 0 Å². The van der Waals surface area contributed by atoms with Crippen molar-refractivity contribution in [3.63, 3.8) is 0 Å². The summed E-state index contributed by atoms with van der Waals surface area (Å²) >= 11 is 0. The Morgan fingerprint density at radius 1 is 0.299 bits per heavy atom. The van der Waals surface area contributed by atoms with Gasteiger partial charge in [-0.2, -0.15) is 0 Å². The van der Waals surface area contributed by atoms with Crippen LogP contribution in [0.15, 0.2) is 48.6 Å². The molecule has 6 nitrogen and oxygen atoms in total. The van der Waals surface area contributed by atoms with Crippen molar-refractivity contribution in [2.24, 2.45) is 0 Å². The lowest BCUT2D eigenvalue weighted by atomic mass is 10.0. The summed E-state index contributed by atoms with van der Waals surface area (Å²) in [7, 11) is 0. The van der Waals surface area contributed by atoms with Crippen LogP contribution in [0.25, 0.3) is 0 Å². The lowest BCUT2D eigenvalue weighted by Crippen LogP contribution is -2.30. The average Bonchev–Trinajstić information content (AvgIpc) is 3.33. The maximum Gasteiger partial charge on any atom is 0.306 e. The van der Waals surface area contributed by atoms with Gasteiger partial charge < -0.3 is 14.2 Å². The van der Waals surface area contributed by atoms with Crippen LogP contribution in [0.1, 0.15) is 303 Å². The Bertz CT molecular complexity index is 1170. The lowest BCUT2D eigenvalue weighted by molar-refractivity contribution is -0.167. The van der Waals surface area contributed by atoms with Crippen molar-refractivity contribution in [1.29, 1.82) is 0 Å². The molecule has 0 amide bonds. The van der Waals surface area contributed by atoms with Gasteiger partial charge in [0.25, 0.3) is 0 Å². The molecule has 0 aliphatic rings. The second-order valence-corrected chi connectivity index (χ2v) is 19.6. The van der Waals surface area contributed by atoms with E-state index >= 15 is 0 Å². The van der Waals surface area contributed by atoms with E-state index < -0.39 is 6.10 Å². The molecule has 0 aromatic carbocycles. The van der Waals surface area contributed by atoms with E-state index in [1.807, 2.05) is 0 Å². The van der Waals surface area contributed by atoms with E-state index in [0.717, 1.165) is 89.9 Å². The van der Waals surface area contributed by atoms with Gasteiger partial charge in [0.15, 0.2) is 6.10 Å². The zero-order chi connectivity index (χ0) is 48.6. The molecule has 67 heavy (non-hydrogen) atoms. The standard InChI is InChI=1S/C61H110O6/c1-4-7-10-13-16-19-21-22-23-24-25-26-27-28-29-30-31-32-33-34-35-36-37-38-39-40-41-43-45-48-51-54-60(63)66-57-58(56-65-59(62)53-50-47-44-18-15-12-9-6-3)67-61(64)55-52-49-46-42-20-17-14-11-8-5-2/h11,14,21-22,24-25,27-28,58H,4-10,12-13,15-20,23,26,29-57H2,1-3H3/b14-11-,22-21-,25-24-,28-27-. The molecular formula is C61H110O6. The van der Waals surface area contributed by atoms with Gasteiger partial charge in [-0.25, -0.2) is 0 Å². The fourth-order valence-corrected chi connectivity index (χ4v) is 8.39. The molecular weight excluding hydrogens is 829 g/mol. The highest BCUT2D eigenvalue weighted by Gasteiger charge is 2.19. The molecule has 0 saturated carbocycles. The predicted octanol–water partition coefficient (Wildman–Crippen LogP) is 19.4. The third-order valence-electron chi connectivity index (χ3n) is 12.8. The second kappa shape index (κ2) is 56.0. The predicted molar refractivity (Wildman–Crippen MR) is 289 cm³/mol. The summed E-state index contributed by atoms with van der Waals surface area (Å²) in [6.07, 6.45) is 68.6. The van der Waals surface area contributed by atoms with Crippen LogP contribution >= 0.6 is 0 Å². The third-order valence-corrected chi connectivity index (χ3v) is 12.8. The van der Waals surface area contributed by atoms with Gasteiger partial charge in [-0.1, -0.05) is 256 Å². The van der Waals surface area contributed by atoms with Gasteiger partial charge in [0.2, 0.25) is 0 Å². The van der Waals surface area contributed by atoms with Crippen LogP contribution in [0, 0.1) is 0 Å². The molecule has 0 saturated heterocycles. The maximum atomic E-state index is 12.7. The number of unbranched alkanes of at least 4 members (excludes halogenated alkanes) is 34. The normalized spacial score (nSPS) is 12.3. The number of esters is 3. The van der Waals surface area contributed by atoms with Crippen LogP contribution in [-0.2, 0) is 28.6 Å². The van der Waals surface area contributed by atoms with Crippen molar-refractivity contribution in [3.8, 4) is 0 Å². The summed E-state index contributed by atoms with van der Waals surface area (Å²) in [6.45, 7) is 6.55. The number of allylic oxidation sites excluding steroid dienone is 8. The SMILES string of the molecule is CCC/C=C\CCCCCCCC(=O)OC(COC(=O)CCCCCCCCCC)COC(=O)CCCCCCCCCCCCCCCCCC/C=C\C/C=C\C/C=C\CCCCCCC. The summed E-state index contributed by atoms with van der Waals surface area (Å²) < 4.78 is 16.7. The molecule has 0 radical (unpaired) electrons. The Kier molecular flexibility index (Phi) is 53.8. The van der Waals surface area contributed by atoms with Crippen molar-refractivity contribution in [2.45, 2.75) is 309 Å². The van der Waals surface area contributed by atoms with Crippen LogP contribution in [0.2, 0.25) is 0 Å². The molecule has 0 aromatic rings. The summed E-state index contributed by atoms with van der Waals surface area (Å²) in [4.78, 5) is 37.8. The number of rotatable bonds is 53. The van der Waals surface area contributed by atoms with E-state index in [9.17, 15) is 14.4 Å². The molecule has 0 N–H and O–H groups in total. The minimum absolute atomic E-state index is 0.0734. The maximum absolute atomic E-state index is 12.7. The highest BCUT2D eigenvalue weighted by Crippen LogP contribution is 2.16. The van der Waals surface area contributed by atoms with Gasteiger partial charge in [0.05, 0.1) is 0 Å². The summed E-state index contributed by atoms with van der Waals surface area (Å²) in [5.74, 6) is -0.879. The highest BCUT2D eigenvalue weighted by molar-refractivity contribution is 5.71. The summed E-state index contributed by atoms with van der Waals surface area (Å²) in [5.41, 5.74) is 0. The highest BCUT2D eigenvalue weighted by atomic mass is 16.6. The van der Waals surface area contributed by atoms with Crippen LogP contribution in [0.5, 0.6) is 0 Å². The first-order valence-corrected chi connectivity index (χ1v) is 29.1. The first-order chi connectivity index (χ1) is 33.0. The van der Waals surface area contributed by atoms with E-state index in [2.05, 4.69) is 69.4 Å². The second-order valence-electron chi connectivity index (χ2n) is 19.6. The summed E-state index contributed by atoms with van der Waals surface area (Å²) in [6, 6.07) is 0. The van der Waals surface area contributed by atoms with Crippen LogP contribution in [0.3, 0.4) is 0 Å². The third kappa shape index (κ3) is 54.2. The van der Waals surface area contributed by atoms with E-state index in [1.54, 1.807) is 0 Å². The Morgan fingerprint density at radius 2 is 0.567 bits per heavy atom. The molecule has 6 heteroatoms. The van der Waals surface area contributed by atoms with Gasteiger partial charge in [-0.3, -0.25) is 14.4 Å². The number of ether oxygens (including phenoxy) is 3. The minimum Gasteiger partial charge on any atom is -0.462 e. The summed E-state index contributed by atoms with van der Waals surface area (Å²) in [5, 5.41) is 0. The van der Waals surface area contributed by atoms with Crippen molar-refractivity contribution < 1.29 is 28.6 Å². The minimum atomic E-state index is -0.771. The molecule has 390 valence electrons. The molecule has 0 heterocycles. The van der Waals surface area contributed by atoms with Crippen molar-refractivity contribution in [2.75, 3.05) is 13.2 Å². The number of hydrogen-bond donors (Lipinski definition) is 0. The zero-order valence-electron chi connectivity index (χ0n) is 44.7. The first-order valence-electron chi connectivity index (χ1n) is 29.1. The Balaban J connectivity index is 3.98. The van der Waals surface area contributed by atoms with Gasteiger partial charge in [-0.15, -0.1) is 0 Å². The largest absolute Gasteiger partial charge is 0.462 e. The van der Waals surface area contributed by atoms with Gasteiger partial charge >= 0.3 is 17.9 Å². The smallest absolute Gasteiger partial charge is 0.306 e. The molecule has 0 aromatic heterocycles. The van der Waals surface area contributed by atoms with E-state index in [1.165, 1.54) is 173 Å². The van der Waals surface area contributed by atoms with Crippen LogP contribution in [-0.4, -0.2) is 37.2 Å². The monoisotopic (exact) mass is 939 g/mol. The molecule has 0 aliphatic carbocycles. The van der Waals surface area contributed by atoms with E-state index in [4.69, 9.17) is 14.2 Å². The van der Waals surface area contributed by atoms with Crippen molar-refractivity contribution in [3.05, 3.63) is 48.6 Å². The molecule has 1 atom stereocenters. The first kappa shape index (κ1) is 64.4. The molecule has 0 rings (SSSR count). The Morgan fingerprint density at radius 3 is 0.910 bits per heavy atom. The lowest BCUT2D eigenvalue weighted by Gasteiger charge is -2.18. The van der Waals surface area contributed by atoms with Gasteiger partial charge in [0.1, 0.15) is 13.2 Å². The number of carbonyl (C=O) groups is 3. The zero-order valence-corrected chi connectivity index (χ0v) is 44.7. The molecule has 1 unspecified atom stereocenters. The van der Waals surface area contributed by atoms with E-state index in [-0.39, 0.29) is 31.1 Å². The fraction of sp³-hybridized carbons (Fsp3) is 0.820. The molecule has 0 bridgehead atoms. The number of hydrogen-bond acceptors (Lipinski definition) is 6. The molecule has 0 aliphatic heterocycles. The molecule has 0 fully saturated rings. The van der Waals surface area contributed by atoms with Gasteiger partial charge in [-0.05, 0) is 77.0 Å². The topological polar surface area (TPSA) is 78.9 Å². The number of carbonyl (C=O) groups excluding carboxylic acids is 3. The quantitative estimate of drug-likeness (QED) is 0.0262. The van der Waals surface area contributed by atoms with Crippen molar-refractivity contribution >= 4 is 17.9 Å². The Hall–Kier alpha value is -2.63. The Labute approximate surface area is 416 Å². The van der Waals surface area contributed by atoms with Gasteiger partial charge in [0, 0.05) is 19.3 Å². The van der Waals surface area contributed by atoms with E-state index in [0.29, 0.717) is 19.3 Å².